The zero-order valence-electron chi connectivity index (χ0n) is 17.0. The van der Waals surface area contributed by atoms with Gasteiger partial charge in [0.1, 0.15) is 22.6 Å². The second kappa shape index (κ2) is 7.93. The fraction of sp³-hybridized carbons (Fsp3) is 0.130. The molecule has 1 amide bonds. The Morgan fingerprint density at radius 3 is 2.78 bits per heavy atom. The number of aromatic nitrogens is 2. The molecule has 32 heavy (non-hydrogen) atoms. The number of carbonyl (C=O) groups excluding carboxylic acids is 1. The smallest absolute Gasteiger partial charge is 0.348 e. The molecule has 8 nitrogen and oxygen atoms in total. The molecule has 1 unspecified atom stereocenters. The third-order valence-electron chi connectivity index (χ3n) is 5.18. The second-order valence-corrected chi connectivity index (χ2v) is 8.32. The largest absolute Gasteiger partial charge is 0.507 e. The van der Waals surface area contributed by atoms with Crippen molar-refractivity contribution in [2.24, 2.45) is 4.99 Å². The van der Waals surface area contributed by atoms with Crippen molar-refractivity contribution in [2.45, 2.75) is 19.4 Å². The number of carbonyl (C=O) groups is 1. The molecule has 0 fully saturated rings. The van der Waals surface area contributed by atoms with Gasteiger partial charge in [0.2, 0.25) is 0 Å². The fourth-order valence-electron chi connectivity index (χ4n) is 3.74. The van der Waals surface area contributed by atoms with Crippen LogP contribution in [0.3, 0.4) is 0 Å². The highest BCUT2D eigenvalue weighted by molar-refractivity contribution is 7.10. The highest BCUT2D eigenvalue weighted by atomic mass is 32.1. The number of nitrogens with one attached hydrogen (secondary N) is 1. The van der Waals surface area contributed by atoms with Crippen molar-refractivity contribution in [1.82, 2.24) is 9.78 Å². The third kappa shape index (κ3) is 3.52. The molecule has 160 valence electrons. The molecule has 9 heteroatoms. The number of para-hydroxylation sites is 1. The molecule has 0 saturated heterocycles. The number of hydrogen-bond donors (Lipinski definition) is 2. The summed E-state index contributed by atoms with van der Waals surface area (Å²) in [5.74, 6) is 0.0473. The van der Waals surface area contributed by atoms with E-state index < -0.39 is 5.63 Å². The van der Waals surface area contributed by atoms with Gasteiger partial charge in [0, 0.05) is 23.1 Å². The number of anilines is 1. The Morgan fingerprint density at radius 1 is 1.25 bits per heavy atom. The highest BCUT2D eigenvalue weighted by Crippen LogP contribution is 2.38. The van der Waals surface area contributed by atoms with E-state index in [1.165, 1.54) is 12.3 Å². The second-order valence-electron chi connectivity index (χ2n) is 7.35. The number of benzene rings is 1. The van der Waals surface area contributed by atoms with E-state index in [4.69, 9.17) is 4.42 Å². The van der Waals surface area contributed by atoms with Crippen LogP contribution in [-0.4, -0.2) is 26.5 Å². The van der Waals surface area contributed by atoms with Gasteiger partial charge in [-0.15, -0.1) is 11.3 Å². The summed E-state index contributed by atoms with van der Waals surface area (Å²) in [6.45, 7) is 1.59. The molecular formula is C23H18N4O4S. The standard InChI is InChI=1S/C23H18N4O4S/c1-13-10-18(28)20(23(30)31-13)16-11-17(19-8-5-9-32-19)27-21(26-16)15(12-24-27)22(29)25-14-6-3-2-4-7-14/h2-10,12,17,28H,11H2,1H3,(H,25,29). The van der Waals surface area contributed by atoms with Crippen LogP contribution in [0, 0.1) is 6.92 Å². The Balaban J connectivity index is 1.63. The van der Waals surface area contributed by atoms with Crippen LogP contribution in [0.15, 0.2) is 74.3 Å². The van der Waals surface area contributed by atoms with Gasteiger partial charge < -0.3 is 14.8 Å². The van der Waals surface area contributed by atoms with Gasteiger partial charge in [0.05, 0.1) is 18.0 Å². The molecule has 1 atom stereocenters. The van der Waals surface area contributed by atoms with Crippen molar-refractivity contribution in [1.29, 1.82) is 0 Å². The molecule has 5 rings (SSSR count). The average molecular weight is 446 g/mol. The van der Waals surface area contributed by atoms with Crippen LogP contribution in [0.5, 0.6) is 5.75 Å². The van der Waals surface area contributed by atoms with E-state index in [0.29, 0.717) is 29.4 Å². The lowest BCUT2D eigenvalue weighted by molar-refractivity contribution is 0.102. The quantitative estimate of drug-likeness (QED) is 0.486. The van der Waals surface area contributed by atoms with Crippen LogP contribution in [-0.2, 0) is 0 Å². The maximum Gasteiger partial charge on any atom is 0.348 e. The van der Waals surface area contributed by atoms with Crippen molar-refractivity contribution in [3.8, 4) is 5.75 Å². The Bertz CT molecular complexity index is 1390. The van der Waals surface area contributed by atoms with E-state index in [1.807, 2.05) is 35.7 Å². The minimum absolute atomic E-state index is 0.000904. The summed E-state index contributed by atoms with van der Waals surface area (Å²) >= 11 is 1.54. The normalized spacial score (nSPS) is 15.2. The third-order valence-corrected chi connectivity index (χ3v) is 6.16. The molecule has 2 N–H and O–H groups in total. The van der Waals surface area contributed by atoms with Crippen LogP contribution >= 0.6 is 11.3 Å². The lowest BCUT2D eigenvalue weighted by Gasteiger charge is -2.24. The first-order chi connectivity index (χ1) is 15.5. The predicted molar refractivity (Wildman–Crippen MR) is 121 cm³/mol. The first-order valence-electron chi connectivity index (χ1n) is 9.90. The van der Waals surface area contributed by atoms with Gasteiger partial charge in [-0.25, -0.2) is 14.5 Å². The van der Waals surface area contributed by atoms with Gasteiger partial charge in [-0.2, -0.15) is 5.10 Å². The SMILES string of the molecule is Cc1cc(O)c(C2=Nc3c(C(=O)Nc4ccccc4)cnn3C(c3cccs3)C2)c(=O)o1. The molecule has 4 heterocycles. The first-order valence-corrected chi connectivity index (χ1v) is 10.8. The lowest BCUT2D eigenvalue weighted by Crippen LogP contribution is -2.25. The molecule has 3 aromatic heterocycles. The van der Waals surface area contributed by atoms with Gasteiger partial charge in [0.25, 0.3) is 5.91 Å². The van der Waals surface area contributed by atoms with E-state index in [1.54, 1.807) is 35.1 Å². The van der Waals surface area contributed by atoms with Crippen molar-refractivity contribution < 1.29 is 14.3 Å². The number of thiophene rings is 1. The summed E-state index contributed by atoms with van der Waals surface area (Å²) in [4.78, 5) is 31.1. The average Bonchev–Trinajstić information content (AvgIpc) is 3.43. The number of aliphatic imine (C=N–C) groups is 1. The number of aryl methyl sites for hydroxylation is 1. The number of amides is 1. The molecule has 0 spiro atoms. The van der Waals surface area contributed by atoms with Crippen LogP contribution in [0.2, 0.25) is 0 Å². The van der Waals surface area contributed by atoms with Crippen LogP contribution in [0.1, 0.15) is 39.0 Å². The van der Waals surface area contributed by atoms with Crippen LogP contribution < -0.4 is 10.9 Å². The molecule has 1 aromatic carbocycles. The minimum Gasteiger partial charge on any atom is -0.507 e. The minimum atomic E-state index is -0.672. The highest BCUT2D eigenvalue weighted by Gasteiger charge is 2.32. The molecule has 4 aromatic rings. The van der Waals surface area contributed by atoms with E-state index in [2.05, 4.69) is 15.4 Å². The first kappa shape index (κ1) is 20.0. The summed E-state index contributed by atoms with van der Waals surface area (Å²) in [6, 6.07) is 14.1. The molecule has 0 bridgehead atoms. The predicted octanol–water partition coefficient (Wildman–Crippen LogP) is 4.28. The van der Waals surface area contributed by atoms with Gasteiger partial charge in [-0.3, -0.25) is 4.79 Å². The molecule has 0 radical (unpaired) electrons. The Hall–Kier alpha value is -3.98. The maximum atomic E-state index is 13.0. The van der Waals surface area contributed by atoms with E-state index in [0.717, 1.165) is 4.88 Å². The van der Waals surface area contributed by atoms with Gasteiger partial charge in [0.15, 0.2) is 5.82 Å². The van der Waals surface area contributed by atoms with E-state index in [9.17, 15) is 14.7 Å². The zero-order valence-corrected chi connectivity index (χ0v) is 17.8. The molecule has 0 aliphatic carbocycles. The molecule has 1 aliphatic heterocycles. The van der Waals surface area contributed by atoms with Gasteiger partial charge in [-0.1, -0.05) is 24.3 Å². The summed E-state index contributed by atoms with van der Waals surface area (Å²) in [5.41, 5.74) is 0.581. The zero-order chi connectivity index (χ0) is 22.2. The topological polar surface area (TPSA) is 110 Å². The number of nitrogens with zero attached hydrogens (tertiary/aromatic N) is 3. The van der Waals surface area contributed by atoms with Crippen molar-refractivity contribution >= 4 is 34.5 Å². The molecule has 0 saturated carbocycles. The number of rotatable bonds is 4. The Labute approximate surface area is 186 Å². The maximum absolute atomic E-state index is 13.0. The number of fused-ring (bicyclic) bond motifs is 1. The van der Waals surface area contributed by atoms with E-state index in [-0.39, 0.29) is 28.8 Å². The summed E-state index contributed by atoms with van der Waals surface area (Å²) in [5, 5.41) is 19.7. The van der Waals surface area contributed by atoms with Gasteiger partial charge >= 0.3 is 5.63 Å². The Morgan fingerprint density at radius 2 is 2.06 bits per heavy atom. The Kier molecular flexibility index (Phi) is 4.95. The lowest BCUT2D eigenvalue weighted by atomic mass is 10.00. The number of hydrogen-bond acceptors (Lipinski definition) is 7. The fourth-order valence-corrected chi connectivity index (χ4v) is 4.55. The van der Waals surface area contributed by atoms with Crippen LogP contribution in [0.4, 0.5) is 11.5 Å². The van der Waals surface area contributed by atoms with Crippen molar-refractivity contribution in [3.63, 3.8) is 0 Å². The molecular weight excluding hydrogens is 428 g/mol. The monoisotopic (exact) mass is 446 g/mol. The van der Waals surface area contributed by atoms with Gasteiger partial charge in [-0.05, 0) is 30.5 Å². The summed E-state index contributed by atoms with van der Waals surface area (Å²) in [7, 11) is 0. The molecule has 1 aliphatic rings. The van der Waals surface area contributed by atoms with E-state index >= 15 is 0 Å². The summed E-state index contributed by atoms with van der Waals surface area (Å²) in [6.07, 6.45) is 1.79. The summed E-state index contributed by atoms with van der Waals surface area (Å²) < 4.78 is 6.88. The van der Waals surface area contributed by atoms with Crippen LogP contribution in [0.25, 0.3) is 0 Å². The number of aromatic hydroxyl groups is 1. The van der Waals surface area contributed by atoms with Crippen molar-refractivity contribution in [2.75, 3.05) is 5.32 Å². The van der Waals surface area contributed by atoms with Crippen molar-refractivity contribution in [3.05, 3.63) is 92.3 Å².